The van der Waals surface area contributed by atoms with Crippen LogP contribution in [0.15, 0.2) is 17.1 Å². The van der Waals surface area contributed by atoms with Gasteiger partial charge in [0.15, 0.2) is 0 Å². The van der Waals surface area contributed by atoms with E-state index in [1.807, 2.05) is 4.90 Å². The van der Waals surface area contributed by atoms with Crippen LogP contribution in [0.5, 0.6) is 0 Å². The maximum absolute atomic E-state index is 13.4. The van der Waals surface area contributed by atoms with Gasteiger partial charge in [0, 0.05) is 36.7 Å². The molecule has 0 aromatic carbocycles. The van der Waals surface area contributed by atoms with Crippen LogP contribution in [-0.4, -0.2) is 51.7 Å². The normalized spacial score (nSPS) is 26.6. The van der Waals surface area contributed by atoms with Gasteiger partial charge in [-0.25, -0.2) is 4.79 Å². The Kier molecular flexibility index (Phi) is 7.05. The van der Waals surface area contributed by atoms with Crippen molar-refractivity contribution in [2.75, 3.05) is 19.7 Å². The number of aliphatic hydroxyl groups is 1. The molecule has 198 valence electrons. The van der Waals surface area contributed by atoms with Gasteiger partial charge in [0.05, 0.1) is 24.3 Å². The fourth-order valence-electron chi connectivity index (χ4n) is 7.03. The summed E-state index contributed by atoms with van der Waals surface area (Å²) >= 11 is 0. The molecule has 1 aromatic rings. The number of ether oxygens (including phenoxy) is 1. The van der Waals surface area contributed by atoms with Crippen molar-refractivity contribution in [3.8, 4) is 0 Å². The number of piperidine rings is 1. The Balaban J connectivity index is 1.38. The number of esters is 1. The predicted octanol–water partition coefficient (Wildman–Crippen LogP) is 4.25. The molecule has 3 saturated carbocycles. The van der Waals surface area contributed by atoms with Crippen LogP contribution in [0.3, 0.4) is 0 Å². The molecule has 7 nitrogen and oxygen atoms in total. The van der Waals surface area contributed by atoms with Crippen molar-refractivity contribution in [2.45, 2.75) is 103 Å². The summed E-state index contributed by atoms with van der Waals surface area (Å²) in [7, 11) is 0. The summed E-state index contributed by atoms with van der Waals surface area (Å²) in [6.07, 6.45) is 12.5. The van der Waals surface area contributed by atoms with E-state index in [9.17, 15) is 19.5 Å². The Morgan fingerprint density at radius 2 is 1.86 bits per heavy atom. The highest BCUT2D eigenvalue weighted by Gasteiger charge is 2.56. The van der Waals surface area contributed by atoms with Gasteiger partial charge in [-0.2, -0.15) is 0 Å². The molecule has 5 rings (SSSR count). The summed E-state index contributed by atoms with van der Waals surface area (Å²) in [6.45, 7) is 5.31. The van der Waals surface area contributed by atoms with E-state index < -0.39 is 17.0 Å². The first-order valence-electron chi connectivity index (χ1n) is 14.2. The molecule has 0 radical (unpaired) electrons. The topological polar surface area (TPSA) is 88.8 Å². The Morgan fingerprint density at radius 1 is 1.14 bits per heavy atom. The Labute approximate surface area is 214 Å². The Bertz CT molecular complexity index is 1050. The number of carbonyl (C=O) groups excluding carboxylic acids is 2. The monoisotopic (exact) mass is 498 g/mol. The maximum Gasteiger partial charge on any atom is 0.339 e. The summed E-state index contributed by atoms with van der Waals surface area (Å²) in [5.41, 5.74) is -0.484. The molecule has 1 saturated heterocycles. The number of aromatic nitrogens is 1. The quantitative estimate of drug-likeness (QED) is 0.541. The molecular weight excluding hydrogens is 456 g/mol. The van der Waals surface area contributed by atoms with E-state index >= 15 is 0 Å². The second-order valence-corrected chi connectivity index (χ2v) is 12.1. The van der Waals surface area contributed by atoms with Gasteiger partial charge in [-0.15, -0.1) is 0 Å². The van der Waals surface area contributed by atoms with Crippen LogP contribution in [0.4, 0.5) is 0 Å². The van der Waals surface area contributed by atoms with Crippen LogP contribution in [0.25, 0.3) is 0 Å². The molecule has 0 unspecified atom stereocenters. The second-order valence-electron chi connectivity index (χ2n) is 12.1. The zero-order chi connectivity index (χ0) is 25.5. The highest BCUT2D eigenvalue weighted by atomic mass is 16.5. The van der Waals surface area contributed by atoms with Crippen LogP contribution in [0, 0.1) is 17.3 Å². The van der Waals surface area contributed by atoms with Gasteiger partial charge in [-0.3, -0.25) is 9.59 Å². The van der Waals surface area contributed by atoms with Crippen LogP contribution in [0.2, 0.25) is 0 Å². The first kappa shape index (κ1) is 25.5. The molecular formula is C29H42N2O5. The molecule has 2 atom stereocenters. The van der Waals surface area contributed by atoms with E-state index in [1.54, 1.807) is 19.2 Å². The van der Waals surface area contributed by atoms with Gasteiger partial charge in [-0.05, 0) is 62.8 Å². The molecule has 3 aliphatic carbocycles. The minimum absolute atomic E-state index is 0.0182. The van der Waals surface area contributed by atoms with E-state index in [0.717, 1.165) is 50.5 Å². The zero-order valence-electron chi connectivity index (χ0n) is 22.0. The van der Waals surface area contributed by atoms with E-state index in [-0.39, 0.29) is 36.5 Å². The predicted molar refractivity (Wildman–Crippen MR) is 137 cm³/mol. The van der Waals surface area contributed by atoms with Gasteiger partial charge in [0.25, 0.3) is 5.56 Å². The average molecular weight is 499 g/mol. The SMILES string of the molecule is CCOC(=O)c1cn(C[C@]2(O)CCN(C(=O)[C@H](C)CC3CCC3)CC23CCCC3)c(=O)cc1C1CC1. The number of hydrogen-bond donors (Lipinski definition) is 1. The van der Waals surface area contributed by atoms with Crippen molar-refractivity contribution < 1.29 is 19.4 Å². The largest absolute Gasteiger partial charge is 0.462 e. The Morgan fingerprint density at radius 3 is 2.47 bits per heavy atom. The van der Waals surface area contributed by atoms with Gasteiger partial charge < -0.3 is 19.3 Å². The van der Waals surface area contributed by atoms with E-state index in [2.05, 4.69) is 6.92 Å². The fourth-order valence-corrected chi connectivity index (χ4v) is 7.03. The van der Waals surface area contributed by atoms with Gasteiger partial charge in [-0.1, -0.05) is 39.0 Å². The molecule has 7 heteroatoms. The molecule has 1 N–H and O–H groups in total. The minimum atomic E-state index is -1.10. The standard InChI is InChI=1S/C29H42N2O5/c1-3-36-27(34)24-17-31(25(32)16-23(24)22-9-10-22)19-29(35)13-14-30(18-28(29)11-4-5-12-28)26(33)20(2)15-21-7-6-8-21/h16-17,20-22,35H,3-15,18-19H2,1-2H3/t20-,29-/m1/s1. The summed E-state index contributed by atoms with van der Waals surface area (Å²) in [6, 6.07) is 1.58. The van der Waals surface area contributed by atoms with Crippen molar-refractivity contribution in [1.82, 2.24) is 9.47 Å². The molecule has 0 bridgehead atoms. The van der Waals surface area contributed by atoms with Crippen LogP contribution >= 0.6 is 0 Å². The van der Waals surface area contributed by atoms with Gasteiger partial charge in [0.2, 0.25) is 5.91 Å². The summed E-state index contributed by atoms with van der Waals surface area (Å²) in [4.78, 5) is 41.2. The second kappa shape index (κ2) is 9.96. The van der Waals surface area contributed by atoms with Crippen LogP contribution in [0.1, 0.15) is 106 Å². The molecule has 2 heterocycles. The third-order valence-corrected chi connectivity index (χ3v) is 9.58. The highest BCUT2D eigenvalue weighted by Crippen LogP contribution is 2.52. The summed E-state index contributed by atoms with van der Waals surface area (Å²) in [5, 5.41) is 12.1. The van der Waals surface area contributed by atoms with Crippen molar-refractivity contribution in [3.05, 3.63) is 33.7 Å². The number of pyridine rings is 1. The first-order valence-corrected chi connectivity index (χ1v) is 14.2. The van der Waals surface area contributed by atoms with Crippen LogP contribution < -0.4 is 5.56 Å². The third kappa shape index (κ3) is 4.75. The lowest BCUT2D eigenvalue weighted by molar-refractivity contribution is -0.163. The molecule has 4 fully saturated rings. The maximum atomic E-state index is 13.4. The fraction of sp³-hybridized carbons (Fsp3) is 0.759. The highest BCUT2D eigenvalue weighted by molar-refractivity contribution is 5.91. The summed E-state index contributed by atoms with van der Waals surface area (Å²) < 4.78 is 6.81. The number of likely N-dealkylation sites (tertiary alicyclic amines) is 1. The van der Waals surface area contributed by atoms with Crippen molar-refractivity contribution in [1.29, 1.82) is 0 Å². The minimum Gasteiger partial charge on any atom is -0.462 e. The molecule has 1 spiro atoms. The van der Waals surface area contributed by atoms with E-state index in [4.69, 9.17) is 4.74 Å². The number of hydrogen-bond acceptors (Lipinski definition) is 5. The number of carbonyl (C=O) groups is 2. The third-order valence-electron chi connectivity index (χ3n) is 9.58. The Hall–Kier alpha value is -2.15. The van der Waals surface area contributed by atoms with E-state index in [1.165, 1.54) is 23.8 Å². The molecule has 36 heavy (non-hydrogen) atoms. The lowest BCUT2D eigenvalue weighted by atomic mass is 9.65. The number of rotatable bonds is 8. The van der Waals surface area contributed by atoms with Crippen molar-refractivity contribution in [3.63, 3.8) is 0 Å². The molecule has 1 aliphatic heterocycles. The smallest absolute Gasteiger partial charge is 0.339 e. The number of nitrogens with zero attached hydrogens (tertiary/aromatic N) is 2. The first-order chi connectivity index (χ1) is 17.2. The molecule has 1 amide bonds. The molecule has 4 aliphatic rings. The van der Waals surface area contributed by atoms with Crippen molar-refractivity contribution in [2.24, 2.45) is 17.3 Å². The number of amides is 1. The average Bonchev–Trinajstić information content (AvgIpc) is 3.57. The van der Waals surface area contributed by atoms with Gasteiger partial charge in [0.1, 0.15) is 0 Å². The van der Waals surface area contributed by atoms with E-state index in [0.29, 0.717) is 31.0 Å². The zero-order valence-corrected chi connectivity index (χ0v) is 22.0. The van der Waals surface area contributed by atoms with Gasteiger partial charge >= 0.3 is 5.97 Å². The lowest BCUT2D eigenvalue weighted by Gasteiger charge is -2.53. The van der Waals surface area contributed by atoms with Crippen molar-refractivity contribution >= 4 is 11.9 Å². The lowest BCUT2D eigenvalue weighted by Crippen LogP contribution is -2.62. The summed E-state index contributed by atoms with van der Waals surface area (Å²) in [5.74, 6) is 0.754. The van der Waals surface area contributed by atoms with Crippen LogP contribution in [-0.2, 0) is 16.1 Å². The molecule has 1 aromatic heterocycles.